The zero-order valence-corrected chi connectivity index (χ0v) is 17.9. The average Bonchev–Trinajstić information content (AvgIpc) is 3.13. The molecular weight excluding hydrogens is 388 g/mol. The molecule has 6 nitrogen and oxygen atoms in total. The smallest absolute Gasteiger partial charge is 0.253 e. The van der Waals surface area contributed by atoms with Crippen LogP contribution in [0.4, 0.5) is 0 Å². The minimum Gasteiger partial charge on any atom is -0.336 e. The van der Waals surface area contributed by atoms with E-state index in [-0.39, 0.29) is 11.8 Å². The van der Waals surface area contributed by atoms with E-state index in [0.717, 1.165) is 61.3 Å². The minimum atomic E-state index is 0.0688. The van der Waals surface area contributed by atoms with Crippen LogP contribution in [-0.2, 0) is 19.4 Å². The average molecular weight is 417 g/mol. The zero-order chi connectivity index (χ0) is 21.4. The van der Waals surface area contributed by atoms with Crippen LogP contribution in [0, 0.1) is 0 Å². The molecule has 1 amide bonds. The highest BCUT2D eigenvalue weighted by molar-refractivity contribution is 6.02. The zero-order valence-electron chi connectivity index (χ0n) is 17.9. The molecule has 0 radical (unpaired) electrons. The Hall–Kier alpha value is -2.96. The van der Waals surface area contributed by atoms with E-state index in [9.17, 15) is 9.59 Å². The first kappa shape index (κ1) is 20.0. The monoisotopic (exact) mass is 416 g/mol. The van der Waals surface area contributed by atoms with Crippen LogP contribution in [0.25, 0.3) is 10.9 Å². The molecule has 3 heterocycles. The Labute approximate surface area is 182 Å². The van der Waals surface area contributed by atoms with Gasteiger partial charge >= 0.3 is 0 Å². The topological polar surface area (TPSA) is 57.6 Å². The molecule has 31 heavy (non-hydrogen) atoms. The van der Waals surface area contributed by atoms with Crippen LogP contribution >= 0.6 is 0 Å². The van der Waals surface area contributed by atoms with Crippen molar-refractivity contribution in [3.8, 4) is 0 Å². The maximum absolute atomic E-state index is 13.3. The highest BCUT2D eigenvalue weighted by Gasteiger charge is 2.26. The van der Waals surface area contributed by atoms with Gasteiger partial charge in [-0.05, 0) is 49.3 Å². The fraction of sp³-hybridized carbons (Fsp3) is 0.360. The van der Waals surface area contributed by atoms with Gasteiger partial charge in [0, 0.05) is 49.4 Å². The molecule has 0 bridgehead atoms. The van der Waals surface area contributed by atoms with Crippen molar-refractivity contribution < 1.29 is 9.59 Å². The van der Waals surface area contributed by atoms with Gasteiger partial charge in [-0.15, -0.1) is 0 Å². The third kappa shape index (κ3) is 3.77. The number of benzene rings is 2. The number of hydrogen-bond acceptors (Lipinski definition) is 4. The molecule has 2 aliphatic rings. The van der Waals surface area contributed by atoms with E-state index in [2.05, 4.69) is 17.3 Å². The second-order valence-electron chi connectivity index (χ2n) is 8.57. The molecule has 2 aliphatic heterocycles. The molecule has 0 spiro atoms. The van der Waals surface area contributed by atoms with Crippen LogP contribution in [0.5, 0.6) is 0 Å². The van der Waals surface area contributed by atoms with E-state index < -0.39 is 0 Å². The lowest BCUT2D eigenvalue weighted by molar-refractivity contribution is 0.0664. The summed E-state index contributed by atoms with van der Waals surface area (Å²) in [4.78, 5) is 30.6. The second-order valence-corrected chi connectivity index (χ2v) is 8.57. The molecule has 5 rings (SSSR count). The van der Waals surface area contributed by atoms with Crippen LogP contribution in [-0.4, -0.2) is 66.0 Å². The summed E-state index contributed by atoms with van der Waals surface area (Å²) in [6.07, 6.45) is 1.22. The fourth-order valence-electron chi connectivity index (χ4n) is 4.75. The molecule has 0 atom stereocenters. The Morgan fingerprint density at radius 2 is 1.77 bits per heavy atom. The first-order valence-corrected chi connectivity index (χ1v) is 11.0. The van der Waals surface area contributed by atoms with Crippen molar-refractivity contribution >= 4 is 22.7 Å². The first-order valence-electron chi connectivity index (χ1n) is 11.0. The lowest BCUT2D eigenvalue weighted by atomic mass is 10.0. The SMILES string of the molecule is CN1CCN(C(=O)c2ccc3c(c2)c2c(n3C(=O)Cc3ccccc3)CNCC2)CC1. The van der Waals surface area contributed by atoms with Crippen LogP contribution in [0.2, 0.25) is 0 Å². The number of rotatable bonds is 3. The molecule has 1 aromatic heterocycles. The molecule has 160 valence electrons. The Morgan fingerprint density at radius 1 is 1.00 bits per heavy atom. The Balaban J connectivity index is 1.52. The van der Waals surface area contributed by atoms with E-state index in [1.165, 1.54) is 5.56 Å². The number of nitrogens with one attached hydrogen (secondary N) is 1. The largest absolute Gasteiger partial charge is 0.336 e. The van der Waals surface area contributed by atoms with Gasteiger partial charge < -0.3 is 15.1 Å². The van der Waals surface area contributed by atoms with Crippen molar-refractivity contribution in [2.75, 3.05) is 39.8 Å². The van der Waals surface area contributed by atoms with Crippen molar-refractivity contribution in [3.05, 3.63) is 70.9 Å². The van der Waals surface area contributed by atoms with Crippen LogP contribution < -0.4 is 5.32 Å². The summed E-state index contributed by atoms with van der Waals surface area (Å²) in [5.74, 6) is 0.153. The Kier molecular flexibility index (Phi) is 5.34. The van der Waals surface area contributed by atoms with E-state index in [1.807, 2.05) is 58.0 Å². The van der Waals surface area contributed by atoms with Gasteiger partial charge in [-0.2, -0.15) is 0 Å². The second kappa shape index (κ2) is 8.29. The number of piperazine rings is 1. The number of likely N-dealkylation sites (N-methyl/N-ethyl adjacent to an activating group) is 1. The van der Waals surface area contributed by atoms with Gasteiger partial charge in [-0.3, -0.25) is 14.2 Å². The third-order valence-electron chi connectivity index (χ3n) is 6.51. The first-order chi connectivity index (χ1) is 15.1. The summed E-state index contributed by atoms with van der Waals surface area (Å²) >= 11 is 0. The van der Waals surface area contributed by atoms with Gasteiger partial charge in [0.1, 0.15) is 0 Å². The number of nitrogens with zero attached hydrogens (tertiary/aromatic N) is 3. The summed E-state index contributed by atoms with van der Waals surface area (Å²) in [6, 6.07) is 15.7. The van der Waals surface area contributed by atoms with E-state index in [1.54, 1.807) is 0 Å². The molecule has 2 aromatic carbocycles. The quantitative estimate of drug-likeness (QED) is 0.713. The number of amides is 1. The van der Waals surface area contributed by atoms with Crippen molar-refractivity contribution in [2.45, 2.75) is 19.4 Å². The molecule has 6 heteroatoms. The van der Waals surface area contributed by atoms with Crippen molar-refractivity contribution in [3.63, 3.8) is 0 Å². The summed E-state index contributed by atoms with van der Waals surface area (Å²) in [7, 11) is 2.09. The maximum atomic E-state index is 13.3. The number of carbonyl (C=O) groups excluding carboxylic acids is 2. The highest BCUT2D eigenvalue weighted by Crippen LogP contribution is 2.30. The molecule has 1 saturated heterocycles. The van der Waals surface area contributed by atoms with Crippen LogP contribution in [0.1, 0.15) is 32.0 Å². The Morgan fingerprint density at radius 3 is 2.55 bits per heavy atom. The van der Waals surface area contributed by atoms with Gasteiger partial charge in [0.15, 0.2) is 0 Å². The van der Waals surface area contributed by atoms with Gasteiger partial charge in [0.25, 0.3) is 5.91 Å². The number of carbonyl (C=O) groups is 2. The maximum Gasteiger partial charge on any atom is 0.253 e. The van der Waals surface area contributed by atoms with Gasteiger partial charge in [-0.1, -0.05) is 30.3 Å². The lowest BCUT2D eigenvalue weighted by Gasteiger charge is -2.32. The van der Waals surface area contributed by atoms with Crippen molar-refractivity contribution in [1.82, 2.24) is 19.7 Å². The molecule has 3 aromatic rings. The molecular formula is C25H28N4O2. The summed E-state index contributed by atoms with van der Waals surface area (Å²) in [5, 5.41) is 4.44. The standard InChI is InChI=1S/C25H28N4O2/c1-27-11-13-28(14-12-27)25(31)19-7-8-22-21(16-19)20-9-10-26-17-23(20)29(22)24(30)15-18-5-3-2-4-6-18/h2-8,16,26H,9-15,17H2,1H3. The van der Waals surface area contributed by atoms with E-state index in [4.69, 9.17) is 0 Å². The number of hydrogen-bond donors (Lipinski definition) is 1. The predicted molar refractivity (Wildman–Crippen MR) is 122 cm³/mol. The highest BCUT2D eigenvalue weighted by atomic mass is 16.2. The number of fused-ring (bicyclic) bond motifs is 3. The Bertz CT molecular complexity index is 1130. The molecule has 1 fully saturated rings. The van der Waals surface area contributed by atoms with Gasteiger partial charge in [0.2, 0.25) is 5.91 Å². The molecule has 1 N–H and O–H groups in total. The summed E-state index contributed by atoms with van der Waals surface area (Å²) in [5.41, 5.74) is 4.86. The van der Waals surface area contributed by atoms with Crippen LogP contribution in [0.15, 0.2) is 48.5 Å². The van der Waals surface area contributed by atoms with Crippen molar-refractivity contribution in [1.29, 1.82) is 0 Å². The molecule has 0 unspecified atom stereocenters. The normalized spacial score (nSPS) is 17.0. The van der Waals surface area contributed by atoms with Crippen LogP contribution in [0.3, 0.4) is 0 Å². The third-order valence-corrected chi connectivity index (χ3v) is 6.51. The fourth-order valence-corrected chi connectivity index (χ4v) is 4.75. The predicted octanol–water partition coefficient (Wildman–Crippen LogP) is 2.56. The number of aromatic nitrogens is 1. The van der Waals surface area contributed by atoms with Crippen molar-refractivity contribution in [2.24, 2.45) is 0 Å². The molecule has 0 aliphatic carbocycles. The summed E-state index contributed by atoms with van der Waals surface area (Å²) in [6.45, 7) is 4.87. The van der Waals surface area contributed by atoms with E-state index >= 15 is 0 Å². The lowest BCUT2D eigenvalue weighted by Crippen LogP contribution is -2.47. The van der Waals surface area contributed by atoms with Gasteiger partial charge in [-0.25, -0.2) is 0 Å². The minimum absolute atomic E-state index is 0.0688. The van der Waals surface area contributed by atoms with Gasteiger partial charge in [0.05, 0.1) is 11.9 Å². The molecule has 0 saturated carbocycles. The summed E-state index contributed by atoms with van der Waals surface area (Å²) < 4.78 is 1.87. The van der Waals surface area contributed by atoms with E-state index in [0.29, 0.717) is 18.5 Å².